The standard InChI is InChI=1S/C19H20N2O3/c1-20-17-10-6-15(7-11-17)16-8-12-18(13-9-16)24-14-4-2-3-5-19(22)21-23/h6-13,23H,2-5,14H2,(H,21,22). The first-order valence-electron chi connectivity index (χ1n) is 7.86. The highest BCUT2D eigenvalue weighted by atomic mass is 16.5. The molecule has 2 rings (SSSR count). The van der Waals surface area contributed by atoms with Crippen LogP contribution < -0.4 is 10.2 Å². The van der Waals surface area contributed by atoms with Crippen molar-refractivity contribution in [2.75, 3.05) is 6.61 Å². The maximum absolute atomic E-state index is 10.8. The fourth-order valence-electron chi connectivity index (χ4n) is 2.28. The highest BCUT2D eigenvalue weighted by Gasteiger charge is 2.01. The van der Waals surface area contributed by atoms with Gasteiger partial charge in [-0.05, 0) is 42.5 Å². The normalized spacial score (nSPS) is 10.0. The second-order valence-corrected chi connectivity index (χ2v) is 5.38. The Morgan fingerprint density at radius 2 is 1.62 bits per heavy atom. The molecule has 124 valence electrons. The van der Waals surface area contributed by atoms with Gasteiger partial charge in [0.05, 0.1) is 13.2 Å². The van der Waals surface area contributed by atoms with E-state index in [-0.39, 0.29) is 5.91 Å². The van der Waals surface area contributed by atoms with Crippen molar-refractivity contribution in [3.05, 3.63) is 59.9 Å². The number of carbonyl (C=O) groups excluding carboxylic acids is 1. The number of hydroxylamine groups is 1. The van der Waals surface area contributed by atoms with Gasteiger partial charge in [0.2, 0.25) is 5.91 Å². The Morgan fingerprint density at radius 1 is 1.00 bits per heavy atom. The maximum atomic E-state index is 10.8. The molecule has 0 aromatic heterocycles. The summed E-state index contributed by atoms with van der Waals surface area (Å²) in [4.78, 5) is 14.2. The van der Waals surface area contributed by atoms with Gasteiger partial charge in [-0.1, -0.05) is 36.4 Å². The number of rotatable bonds is 8. The summed E-state index contributed by atoms with van der Waals surface area (Å²) in [5.41, 5.74) is 4.40. The quantitative estimate of drug-likeness (QED) is 0.328. The SMILES string of the molecule is [C-]#[N+]c1ccc(-c2ccc(OCCCCCC(=O)NO)cc2)cc1. The number of hydrogen-bond donors (Lipinski definition) is 2. The van der Waals surface area contributed by atoms with E-state index in [2.05, 4.69) is 4.85 Å². The molecule has 0 saturated heterocycles. The van der Waals surface area contributed by atoms with Crippen molar-refractivity contribution >= 4 is 11.6 Å². The number of nitrogens with one attached hydrogen (secondary N) is 1. The molecule has 0 bridgehead atoms. The Morgan fingerprint density at radius 3 is 2.21 bits per heavy atom. The van der Waals surface area contributed by atoms with E-state index in [0.29, 0.717) is 18.7 Å². The van der Waals surface area contributed by atoms with E-state index in [0.717, 1.165) is 36.1 Å². The van der Waals surface area contributed by atoms with Crippen molar-refractivity contribution in [3.8, 4) is 16.9 Å². The van der Waals surface area contributed by atoms with Crippen LogP contribution in [0.4, 0.5) is 5.69 Å². The summed E-state index contributed by atoms with van der Waals surface area (Å²) in [6.45, 7) is 7.56. The second-order valence-electron chi connectivity index (χ2n) is 5.38. The third-order valence-electron chi connectivity index (χ3n) is 3.63. The summed E-state index contributed by atoms with van der Waals surface area (Å²) in [5.74, 6) is 0.459. The van der Waals surface area contributed by atoms with Crippen LogP contribution in [0.25, 0.3) is 16.0 Å². The molecule has 0 atom stereocenters. The monoisotopic (exact) mass is 324 g/mol. The molecule has 24 heavy (non-hydrogen) atoms. The van der Waals surface area contributed by atoms with Gasteiger partial charge in [0.25, 0.3) is 0 Å². The van der Waals surface area contributed by atoms with E-state index < -0.39 is 0 Å². The zero-order valence-corrected chi connectivity index (χ0v) is 13.4. The minimum Gasteiger partial charge on any atom is -0.494 e. The second kappa shape index (κ2) is 9.33. The number of carbonyl (C=O) groups is 1. The molecule has 5 heteroatoms. The number of hydrogen-bond acceptors (Lipinski definition) is 3. The van der Waals surface area contributed by atoms with E-state index in [4.69, 9.17) is 16.5 Å². The number of amides is 1. The molecular formula is C19H20N2O3. The van der Waals surface area contributed by atoms with Gasteiger partial charge < -0.3 is 4.74 Å². The van der Waals surface area contributed by atoms with Gasteiger partial charge in [0.15, 0.2) is 5.69 Å². The molecule has 0 spiro atoms. The van der Waals surface area contributed by atoms with Crippen LogP contribution in [0.1, 0.15) is 25.7 Å². The van der Waals surface area contributed by atoms with Crippen LogP contribution in [0.5, 0.6) is 5.75 Å². The number of benzene rings is 2. The van der Waals surface area contributed by atoms with Crippen LogP contribution in [-0.2, 0) is 4.79 Å². The molecule has 2 aromatic rings. The van der Waals surface area contributed by atoms with E-state index in [1.165, 1.54) is 0 Å². The van der Waals surface area contributed by atoms with Gasteiger partial charge in [0.1, 0.15) is 5.75 Å². The van der Waals surface area contributed by atoms with Gasteiger partial charge in [0, 0.05) is 6.42 Å². The molecule has 2 aromatic carbocycles. The van der Waals surface area contributed by atoms with Crippen molar-refractivity contribution in [3.63, 3.8) is 0 Å². The van der Waals surface area contributed by atoms with Crippen LogP contribution in [0, 0.1) is 6.57 Å². The van der Waals surface area contributed by atoms with Crippen LogP contribution in [0.3, 0.4) is 0 Å². The van der Waals surface area contributed by atoms with Crippen molar-refractivity contribution in [1.29, 1.82) is 0 Å². The Hall–Kier alpha value is -2.84. The van der Waals surface area contributed by atoms with Crippen LogP contribution in [-0.4, -0.2) is 17.7 Å². The lowest BCUT2D eigenvalue weighted by molar-refractivity contribution is -0.129. The zero-order chi connectivity index (χ0) is 17.2. The summed E-state index contributed by atoms with van der Waals surface area (Å²) >= 11 is 0. The first-order valence-corrected chi connectivity index (χ1v) is 7.86. The lowest BCUT2D eigenvalue weighted by Gasteiger charge is -2.07. The molecule has 0 aliphatic rings. The summed E-state index contributed by atoms with van der Waals surface area (Å²) in [6, 6.07) is 15.3. The van der Waals surface area contributed by atoms with Crippen molar-refractivity contribution < 1.29 is 14.7 Å². The molecule has 0 aliphatic heterocycles. The Balaban J connectivity index is 1.76. The lowest BCUT2D eigenvalue weighted by Crippen LogP contribution is -2.17. The maximum Gasteiger partial charge on any atom is 0.243 e. The first-order chi connectivity index (χ1) is 11.7. The molecule has 0 fully saturated rings. The fraction of sp³-hybridized carbons (Fsp3) is 0.263. The average molecular weight is 324 g/mol. The van der Waals surface area contributed by atoms with Crippen LogP contribution in [0.15, 0.2) is 48.5 Å². The summed E-state index contributed by atoms with van der Waals surface area (Å²) in [7, 11) is 0. The van der Waals surface area contributed by atoms with E-state index in [1.807, 2.05) is 48.5 Å². The van der Waals surface area contributed by atoms with Gasteiger partial charge >= 0.3 is 0 Å². The van der Waals surface area contributed by atoms with Gasteiger partial charge in [-0.25, -0.2) is 10.3 Å². The minimum atomic E-state index is -0.351. The Kier molecular flexibility index (Phi) is 6.81. The third kappa shape index (κ3) is 5.41. The van der Waals surface area contributed by atoms with Crippen LogP contribution in [0.2, 0.25) is 0 Å². The molecule has 0 heterocycles. The van der Waals surface area contributed by atoms with Crippen molar-refractivity contribution in [2.24, 2.45) is 0 Å². The third-order valence-corrected chi connectivity index (χ3v) is 3.63. The van der Waals surface area contributed by atoms with Crippen molar-refractivity contribution in [1.82, 2.24) is 5.48 Å². The topological polar surface area (TPSA) is 62.9 Å². The minimum absolute atomic E-state index is 0.331. The smallest absolute Gasteiger partial charge is 0.243 e. The van der Waals surface area contributed by atoms with Gasteiger partial charge in [-0.2, -0.15) is 0 Å². The number of nitrogens with zero attached hydrogens (tertiary/aromatic N) is 1. The van der Waals surface area contributed by atoms with E-state index >= 15 is 0 Å². The van der Waals surface area contributed by atoms with Crippen LogP contribution >= 0.6 is 0 Å². The Bertz CT molecular complexity index is 688. The molecule has 5 nitrogen and oxygen atoms in total. The van der Waals surface area contributed by atoms with Gasteiger partial charge in [-0.3, -0.25) is 10.0 Å². The zero-order valence-electron chi connectivity index (χ0n) is 13.4. The predicted molar refractivity (Wildman–Crippen MR) is 92.0 cm³/mol. The Labute approximate surface area is 141 Å². The summed E-state index contributed by atoms with van der Waals surface area (Å²) < 4.78 is 5.68. The number of ether oxygens (including phenoxy) is 1. The van der Waals surface area contributed by atoms with E-state index in [1.54, 1.807) is 5.48 Å². The molecule has 0 radical (unpaired) electrons. The van der Waals surface area contributed by atoms with Gasteiger partial charge in [-0.15, -0.1) is 0 Å². The average Bonchev–Trinajstić information content (AvgIpc) is 2.65. The largest absolute Gasteiger partial charge is 0.494 e. The number of unbranched alkanes of at least 4 members (excludes halogenated alkanes) is 2. The highest BCUT2D eigenvalue weighted by Crippen LogP contribution is 2.24. The predicted octanol–water partition coefficient (Wildman–Crippen LogP) is 4.35. The molecular weight excluding hydrogens is 304 g/mol. The first kappa shape index (κ1) is 17.5. The highest BCUT2D eigenvalue weighted by molar-refractivity contribution is 5.74. The molecule has 1 amide bonds. The molecule has 2 N–H and O–H groups in total. The van der Waals surface area contributed by atoms with Crippen molar-refractivity contribution in [2.45, 2.75) is 25.7 Å². The molecule has 0 saturated carbocycles. The summed E-state index contributed by atoms with van der Waals surface area (Å²) in [5, 5.41) is 8.38. The fourth-order valence-corrected chi connectivity index (χ4v) is 2.28. The molecule has 0 unspecified atom stereocenters. The van der Waals surface area contributed by atoms with E-state index in [9.17, 15) is 4.79 Å². The lowest BCUT2D eigenvalue weighted by atomic mass is 10.1. The molecule has 0 aliphatic carbocycles. The summed E-state index contributed by atoms with van der Waals surface area (Å²) in [6.07, 6.45) is 2.80.